The van der Waals surface area contributed by atoms with Crippen LogP contribution in [0, 0.1) is 5.41 Å². The smallest absolute Gasteiger partial charge is 0.127 e. The van der Waals surface area contributed by atoms with Crippen LogP contribution in [0.1, 0.15) is 31.2 Å². The van der Waals surface area contributed by atoms with Gasteiger partial charge in [-0.3, -0.25) is 4.90 Å². The molecule has 2 saturated heterocycles. The molecule has 148 valence electrons. The van der Waals surface area contributed by atoms with Gasteiger partial charge in [0.25, 0.3) is 0 Å². The molecule has 4 rings (SSSR count). The maximum absolute atomic E-state index is 5.97. The number of piperidine rings is 2. The quantitative estimate of drug-likeness (QED) is 0.743. The highest BCUT2D eigenvalue weighted by molar-refractivity contribution is 5.85. The third kappa shape index (κ3) is 5.86. The van der Waals surface area contributed by atoms with Gasteiger partial charge in [0, 0.05) is 6.54 Å². The van der Waals surface area contributed by atoms with Crippen molar-refractivity contribution >= 4 is 24.8 Å². The lowest BCUT2D eigenvalue weighted by Crippen LogP contribution is -2.45. The lowest BCUT2D eigenvalue weighted by atomic mass is 9.71. The molecule has 2 aliphatic rings. The van der Waals surface area contributed by atoms with Gasteiger partial charge in [0.05, 0.1) is 0 Å². The van der Waals surface area contributed by atoms with Crippen LogP contribution in [0.15, 0.2) is 54.6 Å². The summed E-state index contributed by atoms with van der Waals surface area (Å²) in [5.41, 5.74) is 1.97. The Hall–Kier alpha value is -1.26. The summed E-state index contributed by atoms with van der Waals surface area (Å²) in [6.07, 6.45) is 5.44. The molecule has 0 aromatic heterocycles. The highest BCUT2D eigenvalue weighted by Gasteiger charge is 2.35. The zero-order valence-electron chi connectivity index (χ0n) is 15.7. The van der Waals surface area contributed by atoms with E-state index >= 15 is 0 Å². The van der Waals surface area contributed by atoms with Gasteiger partial charge in [0.2, 0.25) is 0 Å². The minimum absolute atomic E-state index is 0. The van der Waals surface area contributed by atoms with E-state index in [1.165, 1.54) is 57.4 Å². The molecular weight excluding hydrogens is 379 g/mol. The van der Waals surface area contributed by atoms with Crippen LogP contribution in [-0.2, 0) is 6.54 Å². The lowest BCUT2D eigenvalue weighted by Gasteiger charge is -2.44. The second-order valence-corrected chi connectivity index (χ2v) is 7.59. The fraction of sp³-hybridized carbons (Fsp3) is 0.455. The van der Waals surface area contributed by atoms with Crippen molar-refractivity contribution in [3.63, 3.8) is 0 Å². The van der Waals surface area contributed by atoms with Gasteiger partial charge in [-0.25, -0.2) is 0 Å². The third-order valence-electron chi connectivity index (χ3n) is 5.86. The van der Waals surface area contributed by atoms with Crippen molar-refractivity contribution in [1.82, 2.24) is 10.2 Å². The van der Waals surface area contributed by atoms with Gasteiger partial charge in [-0.1, -0.05) is 30.3 Å². The molecule has 1 N–H and O–H groups in total. The van der Waals surface area contributed by atoms with Gasteiger partial charge < -0.3 is 10.1 Å². The third-order valence-corrected chi connectivity index (χ3v) is 5.86. The fourth-order valence-electron chi connectivity index (χ4n) is 4.23. The molecule has 2 aromatic carbocycles. The molecule has 5 heteroatoms. The Balaban J connectivity index is 0.00000131. The first kappa shape index (κ1) is 22.0. The molecule has 2 heterocycles. The van der Waals surface area contributed by atoms with E-state index in [-0.39, 0.29) is 24.8 Å². The molecule has 2 aromatic rings. The minimum Gasteiger partial charge on any atom is -0.457 e. The maximum Gasteiger partial charge on any atom is 0.127 e. The summed E-state index contributed by atoms with van der Waals surface area (Å²) < 4.78 is 5.97. The van der Waals surface area contributed by atoms with Crippen molar-refractivity contribution in [1.29, 1.82) is 0 Å². The number of hydrogen-bond acceptors (Lipinski definition) is 3. The van der Waals surface area contributed by atoms with Gasteiger partial charge >= 0.3 is 0 Å². The maximum atomic E-state index is 5.97. The Morgan fingerprint density at radius 2 is 1.48 bits per heavy atom. The highest BCUT2D eigenvalue weighted by Crippen LogP contribution is 2.39. The number of ether oxygens (including phenoxy) is 1. The van der Waals surface area contributed by atoms with Crippen LogP contribution < -0.4 is 10.1 Å². The molecule has 0 atom stereocenters. The van der Waals surface area contributed by atoms with Crippen LogP contribution in [0.2, 0.25) is 0 Å². The topological polar surface area (TPSA) is 24.5 Å². The number of rotatable bonds is 4. The molecule has 2 aliphatic heterocycles. The lowest BCUT2D eigenvalue weighted by molar-refractivity contribution is 0.0701. The summed E-state index contributed by atoms with van der Waals surface area (Å²) in [5, 5.41) is 3.51. The first-order valence-electron chi connectivity index (χ1n) is 9.56. The predicted octanol–water partition coefficient (Wildman–Crippen LogP) is 5.29. The summed E-state index contributed by atoms with van der Waals surface area (Å²) in [7, 11) is 0. The van der Waals surface area contributed by atoms with Gasteiger partial charge in [-0.15, -0.1) is 24.8 Å². The van der Waals surface area contributed by atoms with E-state index in [4.69, 9.17) is 4.74 Å². The Morgan fingerprint density at radius 1 is 0.815 bits per heavy atom. The monoisotopic (exact) mass is 408 g/mol. The van der Waals surface area contributed by atoms with E-state index in [1.807, 2.05) is 36.4 Å². The van der Waals surface area contributed by atoms with Crippen LogP contribution >= 0.6 is 24.8 Å². The largest absolute Gasteiger partial charge is 0.457 e. The van der Waals surface area contributed by atoms with E-state index in [1.54, 1.807) is 0 Å². The molecular formula is C22H30Cl2N2O. The van der Waals surface area contributed by atoms with Crippen LogP contribution in [0.5, 0.6) is 11.5 Å². The highest BCUT2D eigenvalue weighted by atomic mass is 35.5. The molecule has 0 saturated carbocycles. The Bertz CT molecular complexity index is 680. The average molecular weight is 409 g/mol. The number of halogens is 2. The molecule has 0 unspecified atom stereocenters. The van der Waals surface area contributed by atoms with Gasteiger partial charge in [0.15, 0.2) is 0 Å². The molecule has 27 heavy (non-hydrogen) atoms. The normalized spacial score (nSPS) is 19.0. The van der Waals surface area contributed by atoms with E-state index in [0.29, 0.717) is 5.41 Å². The number of hydrogen-bond donors (Lipinski definition) is 1. The Labute approximate surface area is 175 Å². The van der Waals surface area contributed by atoms with Crippen LogP contribution in [0.25, 0.3) is 0 Å². The van der Waals surface area contributed by atoms with E-state index in [0.717, 1.165) is 18.0 Å². The number of nitrogens with zero attached hydrogens (tertiary/aromatic N) is 1. The number of benzene rings is 2. The molecule has 3 nitrogen and oxygen atoms in total. The fourth-order valence-corrected chi connectivity index (χ4v) is 4.23. The second kappa shape index (κ2) is 10.3. The summed E-state index contributed by atoms with van der Waals surface area (Å²) >= 11 is 0. The predicted molar refractivity (Wildman–Crippen MR) is 117 cm³/mol. The van der Waals surface area contributed by atoms with Crippen LogP contribution in [0.3, 0.4) is 0 Å². The standard InChI is InChI=1S/C22H28N2O.2ClH/c1-2-6-20(7-3-1)25-21-8-4-5-19(17-21)18-24-15-11-22(12-16-24)9-13-23-14-10-22;;/h1-8,17,23H,9-16,18H2;2*1H. The van der Waals surface area contributed by atoms with Crippen molar-refractivity contribution in [2.24, 2.45) is 5.41 Å². The molecule has 0 amide bonds. The number of para-hydroxylation sites is 1. The molecule has 2 fully saturated rings. The van der Waals surface area contributed by atoms with E-state index in [9.17, 15) is 0 Å². The number of likely N-dealkylation sites (tertiary alicyclic amines) is 1. The first-order valence-corrected chi connectivity index (χ1v) is 9.56. The molecule has 0 aliphatic carbocycles. The van der Waals surface area contributed by atoms with Crippen molar-refractivity contribution in [2.75, 3.05) is 26.2 Å². The molecule has 0 bridgehead atoms. The summed E-state index contributed by atoms with van der Waals surface area (Å²) in [6.45, 7) is 5.89. The summed E-state index contributed by atoms with van der Waals surface area (Å²) in [4.78, 5) is 2.61. The van der Waals surface area contributed by atoms with Crippen molar-refractivity contribution in [3.05, 3.63) is 60.2 Å². The molecule has 1 spiro atoms. The van der Waals surface area contributed by atoms with E-state index < -0.39 is 0 Å². The average Bonchev–Trinajstić information content (AvgIpc) is 2.66. The van der Waals surface area contributed by atoms with Gasteiger partial charge in [0.1, 0.15) is 11.5 Å². The Morgan fingerprint density at radius 3 is 2.19 bits per heavy atom. The first-order chi connectivity index (χ1) is 12.3. The van der Waals surface area contributed by atoms with Crippen molar-refractivity contribution in [2.45, 2.75) is 32.2 Å². The van der Waals surface area contributed by atoms with Crippen molar-refractivity contribution < 1.29 is 4.74 Å². The molecule has 0 radical (unpaired) electrons. The van der Waals surface area contributed by atoms with E-state index in [2.05, 4.69) is 28.4 Å². The Kier molecular flexibility index (Phi) is 8.43. The van der Waals surface area contributed by atoms with Gasteiger partial charge in [-0.05, 0) is 87.1 Å². The zero-order valence-corrected chi connectivity index (χ0v) is 17.4. The van der Waals surface area contributed by atoms with Gasteiger partial charge in [-0.2, -0.15) is 0 Å². The second-order valence-electron chi connectivity index (χ2n) is 7.59. The van der Waals surface area contributed by atoms with Crippen molar-refractivity contribution in [3.8, 4) is 11.5 Å². The van der Waals surface area contributed by atoms with Crippen LogP contribution in [0.4, 0.5) is 0 Å². The minimum atomic E-state index is 0. The summed E-state index contributed by atoms with van der Waals surface area (Å²) in [5.74, 6) is 1.82. The zero-order chi connectivity index (χ0) is 17.0. The number of nitrogens with one attached hydrogen (secondary N) is 1. The summed E-state index contributed by atoms with van der Waals surface area (Å²) in [6, 6.07) is 18.5. The van der Waals surface area contributed by atoms with Crippen LogP contribution in [-0.4, -0.2) is 31.1 Å². The SMILES string of the molecule is Cl.Cl.c1ccc(Oc2cccc(CN3CCC4(CCNCC4)CC3)c2)cc1.